The van der Waals surface area contributed by atoms with E-state index in [9.17, 15) is 9.18 Å². The number of para-hydroxylation sites is 1. The van der Waals surface area contributed by atoms with Crippen molar-refractivity contribution in [2.75, 3.05) is 6.61 Å². The number of hydrogen-bond acceptors (Lipinski definition) is 4. The van der Waals surface area contributed by atoms with Crippen LogP contribution < -0.4 is 10.1 Å². The zero-order valence-electron chi connectivity index (χ0n) is 14.4. The standard InChI is InChI=1S/C19H19FN4O2/c1-2-12-26-19-14(6-5-10-21-19)13-22-18(25)16-9-11-24(23-16)17-8-4-3-7-15(17)20/h3-11H,2,12-13H2,1H3,(H,22,25). The Morgan fingerprint density at radius 2 is 2.08 bits per heavy atom. The van der Waals surface area contributed by atoms with Crippen LogP contribution in [0.2, 0.25) is 0 Å². The summed E-state index contributed by atoms with van der Waals surface area (Å²) in [7, 11) is 0. The maximum Gasteiger partial charge on any atom is 0.272 e. The van der Waals surface area contributed by atoms with E-state index < -0.39 is 5.82 Å². The number of hydrogen-bond donors (Lipinski definition) is 1. The summed E-state index contributed by atoms with van der Waals surface area (Å²) in [5.41, 5.74) is 1.27. The predicted molar refractivity (Wildman–Crippen MR) is 94.7 cm³/mol. The van der Waals surface area contributed by atoms with Gasteiger partial charge in [0, 0.05) is 24.5 Å². The van der Waals surface area contributed by atoms with Gasteiger partial charge in [-0.2, -0.15) is 5.10 Å². The highest BCUT2D eigenvalue weighted by atomic mass is 19.1. The van der Waals surface area contributed by atoms with Gasteiger partial charge in [-0.3, -0.25) is 4.79 Å². The summed E-state index contributed by atoms with van der Waals surface area (Å²) in [5.74, 6) is -0.257. The summed E-state index contributed by atoms with van der Waals surface area (Å²) in [6, 6.07) is 11.4. The molecule has 0 aliphatic carbocycles. The van der Waals surface area contributed by atoms with Gasteiger partial charge in [0.1, 0.15) is 11.5 Å². The SMILES string of the molecule is CCCOc1ncccc1CNC(=O)c1ccn(-c2ccccc2F)n1. The van der Waals surface area contributed by atoms with Crippen LogP contribution in [0.5, 0.6) is 5.88 Å². The lowest BCUT2D eigenvalue weighted by Gasteiger charge is -2.09. The Labute approximate surface area is 150 Å². The lowest BCUT2D eigenvalue weighted by atomic mass is 10.2. The number of carbonyl (C=O) groups excluding carboxylic acids is 1. The molecule has 3 rings (SSSR count). The molecule has 0 spiro atoms. The Morgan fingerprint density at radius 1 is 1.23 bits per heavy atom. The van der Waals surface area contributed by atoms with Crippen molar-refractivity contribution in [2.45, 2.75) is 19.9 Å². The third-order valence-corrected chi connectivity index (χ3v) is 3.65. The van der Waals surface area contributed by atoms with Gasteiger partial charge in [-0.05, 0) is 30.7 Å². The van der Waals surface area contributed by atoms with Crippen LogP contribution in [0.15, 0.2) is 54.9 Å². The summed E-state index contributed by atoms with van der Waals surface area (Å²) in [6.45, 7) is 2.83. The molecule has 0 saturated heterocycles. The van der Waals surface area contributed by atoms with E-state index in [4.69, 9.17) is 4.74 Å². The van der Waals surface area contributed by atoms with Crippen molar-refractivity contribution in [3.05, 3.63) is 71.9 Å². The molecule has 0 atom stereocenters. The van der Waals surface area contributed by atoms with Crippen molar-refractivity contribution in [3.63, 3.8) is 0 Å². The molecule has 3 aromatic rings. The van der Waals surface area contributed by atoms with Crippen LogP contribution in [0.4, 0.5) is 4.39 Å². The summed E-state index contributed by atoms with van der Waals surface area (Å²) < 4.78 is 20.7. The Morgan fingerprint density at radius 3 is 2.88 bits per heavy atom. The summed E-state index contributed by atoms with van der Waals surface area (Å²) in [5, 5.41) is 6.93. The van der Waals surface area contributed by atoms with Gasteiger partial charge in [-0.1, -0.05) is 25.1 Å². The number of rotatable bonds is 7. The van der Waals surface area contributed by atoms with E-state index in [2.05, 4.69) is 15.4 Å². The van der Waals surface area contributed by atoms with Crippen molar-refractivity contribution in [1.29, 1.82) is 0 Å². The minimum Gasteiger partial charge on any atom is -0.477 e. The van der Waals surface area contributed by atoms with Crippen LogP contribution in [-0.4, -0.2) is 27.3 Å². The second-order valence-electron chi connectivity index (χ2n) is 5.60. The van der Waals surface area contributed by atoms with Crippen LogP contribution in [0, 0.1) is 5.82 Å². The Hall–Kier alpha value is -3.22. The molecule has 2 aromatic heterocycles. The molecular formula is C19H19FN4O2. The number of carbonyl (C=O) groups is 1. The van der Waals surface area contributed by atoms with Crippen LogP contribution >= 0.6 is 0 Å². The first kappa shape index (κ1) is 17.6. The summed E-state index contributed by atoms with van der Waals surface area (Å²) >= 11 is 0. The van der Waals surface area contributed by atoms with Crippen LogP contribution in [0.3, 0.4) is 0 Å². The molecule has 6 nitrogen and oxygen atoms in total. The fraction of sp³-hybridized carbons (Fsp3) is 0.211. The first-order valence-electron chi connectivity index (χ1n) is 8.34. The molecular weight excluding hydrogens is 335 g/mol. The van der Waals surface area contributed by atoms with Gasteiger partial charge < -0.3 is 10.1 Å². The minimum absolute atomic E-state index is 0.202. The van der Waals surface area contributed by atoms with E-state index in [0.29, 0.717) is 12.5 Å². The van der Waals surface area contributed by atoms with Gasteiger partial charge in [-0.15, -0.1) is 0 Å². The number of amides is 1. The lowest BCUT2D eigenvalue weighted by molar-refractivity contribution is 0.0945. The minimum atomic E-state index is -0.407. The molecule has 2 heterocycles. The fourth-order valence-electron chi connectivity index (χ4n) is 2.37. The maximum atomic E-state index is 13.8. The van der Waals surface area contributed by atoms with Crippen molar-refractivity contribution in [3.8, 4) is 11.6 Å². The van der Waals surface area contributed by atoms with Crippen LogP contribution in [-0.2, 0) is 6.54 Å². The van der Waals surface area contributed by atoms with Crippen LogP contribution in [0.1, 0.15) is 29.4 Å². The van der Waals surface area contributed by atoms with Gasteiger partial charge in [0.2, 0.25) is 5.88 Å². The lowest BCUT2D eigenvalue weighted by Crippen LogP contribution is -2.24. The Balaban J connectivity index is 1.68. The van der Waals surface area contributed by atoms with E-state index in [1.54, 1.807) is 42.7 Å². The van der Waals surface area contributed by atoms with Gasteiger partial charge in [0.15, 0.2) is 5.69 Å². The molecule has 0 aliphatic heterocycles. The average Bonchev–Trinajstić information content (AvgIpc) is 3.15. The number of aromatic nitrogens is 3. The molecule has 0 saturated carbocycles. The number of pyridine rings is 1. The number of ether oxygens (including phenoxy) is 1. The van der Waals surface area contributed by atoms with E-state index in [1.807, 2.05) is 13.0 Å². The fourth-order valence-corrected chi connectivity index (χ4v) is 2.37. The zero-order valence-corrected chi connectivity index (χ0v) is 14.4. The smallest absolute Gasteiger partial charge is 0.272 e. The van der Waals surface area contributed by atoms with Crippen molar-refractivity contribution in [1.82, 2.24) is 20.1 Å². The van der Waals surface area contributed by atoms with Crippen molar-refractivity contribution < 1.29 is 13.9 Å². The molecule has 0 unspecified atom stereocenters. The van der Waals surface area contributed by atoms with Gasteiger partial charge in [-0.25, -0.2) is 14.1 Å². The molecule has 7 heteroatoms. The second-order valence-corrected chi connectivity index (χ2v) is 5.60. The monoisotopic (exact) mass is 354 g/mol. The number of nitrogens with zero attached hydrogens (tertiary/aromatic N) is 3. The molecule has 1 aromatic carbocycles. The molecule has 26 heavy (non-hydrogen) atoms. The quantitative estimate of drug-likeness (QED) is 0.708. The highest BCUT2D eigenvalue weighted by Crippen LogP contribution is 2.15. The molecule has 0 fully saturated rings. The Bertz CT molecular complexity index is 895. The zero-order chi connectivity index (χ0) is 18.4. The third-order valence-electron chi connectivity index (χ3n) is 3.65. The average molecular weight is 354 g/mol. The van der Waals surface area contributed by atoms with E-state index in [0.717, 1.165) is 12.0 Å². The molecule has 134 valence electrons. The van der Waals surface area contributed by atoms with E-state index in [-0.39, 0.29) is 23.8 Å². The van der Waals surface area contributed by atoms with Gasteiger partial charge in [0.25, 0.3) is 5.91 Å². The second kappa shape index (κ2) is 8.24. The number of nitrogens with one attached hydrogen (secondary N) is 1. The highest BCUT2D eigenvalue weighted by Gasteiger charge is 2.13. The van der Waals surface area contributed by atoms with E-state index in [1.165, 1.54) is 10.7 Å². The third kappa shape index (κ3) is 4.05. The first-order chi connectivity index (χ1) is 12.7. The normalized spacial score (nSPS) is 10.5. The van der Waals surface area contributed by atoms with Crippen molar-refractivity contribution in [2.24, 2.45) is 0 Å². The molecule has 0 radical (unpaired) electrons. The summed E-state index contributed by atoms with van der Waals surface area (Å²) in [6.07, 6.45) is 4.06. The summed E-state index contributed by atoms with van der Waals surface area (Å²) in [4.78, 5) is 16.5. The molecule has 1 amide bonds. The predicted octanol–water partition coefficient (Wildman–Crippen LogP) is 3.13. The number of benzene rings is 1. The van der Waals surface area contributed by atoms with E-state index >= 15 is 0 Å². The first-order valence-corrected chi connectivity index (χ1v) is 8.34. The molecule has 1 N–H and O–H groups in total. The Kier molecular flexibility index (Phi) is 5.58. The topological polar surface area (TPSA) is 69.0 Å². The highest BCUT2D eigenvalue weighted by molar-refractivity contribution is 5.92. The largest absolute Gasteiger partial charge is 0.477 e. The van der Waals surface area contributed by atoms with Crippen molar-refractivity contribution >= 4 is 5.91 Å². The number of halogens is 1. The maximum absolute atomic E-state index is 13.8. The van der Waals surface area contributed by atoms with Crippen LogP contribution in [0.25, 0.3) is 5.69 Å². The molecule has 0 aliphatic rings. The van der Waals surface area contributed by atoms with Gasteiger partial charge >= 0.3 is 0 Å². The molecule has 0 bridgehead atoms. The van der Waals surface area contributed by atoms with Gasteiger partial charge in [0.05, 0.1) is 6.61 Å².